The molecule has 2 aliphatic carbocycles. The van der Waals surface area contributed by atoms with Crippen molar-refractivity contribution >= 4 is 5.78 Å². The first-order chi connectivity index (χ1) is 16.7. The van der Waals surface area contributed by atoms with E-state index < -0.39 is 0 Å². The zero-order valence-electron chi connectivity index (χ0n) is 20.6. The molecule has 1 saturated carbocycles. The van der Waals surface area contributed by atoms with Gasteiger partial charge in [-0.3, -0.25) is 4.79 Å². The number of hydrogen-bond donors (Lipinski definition) is 0. The Morgan fingerprint density at radius 1 is 0.912 bits per heavy atom. The minimum atomic E-state index is 0.215. The van der Waals surface area contributed by atoms with Crippen molar-refractivity contribution in [1.82, 2.24) is 0 Å². The van der Waals surface area contributed by atoms with Crippen molar-refractivity contribution in [3.8, 4) is 5.75 Å². The Hall–Kier alpha value is -2.13. The highest BCUT2D eigenvalue weighted by atomic mass is 16.5. The van der Waals surface area contributed by atoms with Crippen LogP contribution in [0.25, 0.3) is 0 Å². The number of hydrogen-bond acceptors (Lipinski definition) is 3. The van der Waals surface area contributed by atoms with Gasteiger partial charge in [0.2, 0.25) is 0 Å². The van der Waals surface area contributed by atoms with Crippen molar-refractivity contribution in [3.63, 3.8) is 0 Å². The van der Waals surface area contributed by atoms with Crippen molar-refractivity contribution in [1.29, 1.82) is 0 Å². The summed E-state index contributed by atoms with van der Waals surface area (Å²) >= 11 is 0. The van der Waals surface area contributed by atoms with E-state index in [1.807, 2.05) is 24.3 Å². The average Bonchev–Trinajstić information content (AvgIpc) is 3.54. The summed E-state index contributed by atoms with van der Waals surface area (Å²) in [5.41, 5.74) is 5.46. The minimum Gasteiger partial charge on any atom is -0.491 e. The molecule has 2 aromatic carbocycles. The molecule has 0 N–H and O–H groups in total. The molecule has 1 heterocycles. The van der Waals surface area contributed by atoms with Crippen LogP contribution in [0, 0.1) is 11.8 Å². The first-order valence-electron chi connectivity index (χ1n) is 13.7. The molecule has 3 nitrogen and oxygen atoms in total. The molecular weight excluding hydrogens is 420 g/mol. The maximum absolute atomic E-state index is 12.7. The Balaban J connectivity index is 1.02. The van der Waals surface area contributed by atoms with E-state index in [1.165, 1.54) is 56.9 Å². The highest BCUT2D eigenvalue weighted by Crippen LogP contribution is 2.34. The number of benzene rings is 2. The molecule has 5 rings (SSSR count). The number of carbonyl (C=O) groups excluding carboxylic acids is 1. The van der Waals surface area contributed by atoms with Gasteiger partial charge >= 0.3 is 0 Å². The van der Waals surface area contributed by atoms with E-state index in [9.17, 15) is 4.79 Å². The van der Waals surface area contributed by atoms with Gasteiger partial charge in [0.15, 0.2) is 5.78 Å². The smallest absolute Gasteiger partial charge is 0.162 e. The monoisotopic (exact) mass is 460 g/mol. The molecule has 0 unspecified atom stereocenters. The van der Waals surface area contributed by atoms with Gasteiger partial charge in [-0.05, 0) is 111 Å². The number of Topliss-reactive ketones (excluding diaryl/α,β-unsaturated/α-hetero) is 1. The van der Waals surface area contributed by atoms with E-state index in [4.69, 9.17) is 9.47 Å². The number of rotatable bonds is 12. The highest BCUT2D eigenvalue weighted by Gasteiger charge is 2.21. The molecule has 2 aromatic rings. The molecule has 3 aliphatic rings. The lowest BCUT2D eigenvalue weighted by atomic mass is 9.80. The van der Waals surface area contributed by atoms with Gasteiger partial charge in [-0.2, -0.15) is 0 Å². The van der Waals surface area contributed by atoms with Crippen molar-refractivity contribution in [2.24, 2.45) is 11.8 Å². The molecular formula is C31H40O3. The standard InChI is InChI=1S/C31H40O3/c32-31(26-15-17-29(18-16-26)34-22-30-7-3-19-33-30)8-2-6-25-12-14-27-20-24(11-13-28(27)21-25)5-1-4-23-9-10-23/h11,13,15-18,20,23,25,30H,1-10,12,14,19,21-22H2/t25-,30-/m0/s1. The second-order valence-electron chi connectivity index (χ2n) is 10.8. The molecule has 0 amide bonds. The number of fused-ring (bicyclic) bond motifs is 1. The van der Waals surface area contributed by atoms with Crippen LogP contribution < -0.4 is 4.74 Å². The maximum Gasteiger partial charge on any atom is 0.162 e. The van der Waals surface area contributed by atoms with Crippen LogP contribution in [0.15, 0.2) is 42.5 Å². The van der Waals surface area contributed by atoms with Gasteiger partial charge < -0.3 is 9.47 Å². The summed E-state index contributed by atoms with van der Waals surface area (Å²) in [5, 5.41) is 0. The van der Waals surface area contributed by atoms with Gasteiger partial charge in [-0.25, -0.2) is 0 Å². The van der Waals surface area contributed by atoms with E-state index in [0.717, 1.165) is 55.4 Å². The molecule has 1 aliphatic heterocycles. The summed E-state index contributed by atoms with van der Waals surface area (Å²) in [6.07, 6.45) is 15.8. The molecule has 182 valence electrons. The Labute approximate surface area is 205 Å². The van der Waals surface area contributed by atoms with Crippen LogP contribution in [-0.2, 0) is 24.0 Å². The molecule has 1 saturated heterocycles. The second kappa shape index (κ2) is 11.5. The molecule has 2 atom stereocenters. The van der Waals surface area contributed by atoms with Gasteiger partial charge in [0.25, 0.3) is 0 Å². The summed E-state index contributed by atoms with van der Waals surface area (Å²) in [4.78, 5) is 12.7. The molecule has 34 heavy (non-hydrogen) atoms. The van der Waals surface area contributed by atoms with Crippen LogP contribution in [-0.4, -0.2) is 25.1 Å². The van der Waals surface area contributed by atoms with Crippen molar-refractivity contribution < 1.29 is 14.3 Å². The quantitative estimate of drug-likeness (QED) is 0.316. The van der Waals surface area contributed by atoms with Gasteiger partial charge in [-0.15, -0.1) is 0 Å². The molecule has 2 fully saturated rings. The SMILES string of the molecule is O=C(CCC[C@H]1CCc2cc(CCCC3CC3)ccc2C1)c1ccc(OC[C@@H]2CCCO2)cc1. The Bertz CT molecular complexity index is 938. The molecule has 3 heteroatoms. The van der Waals surface area contributed by atoms with E-state index in [2.05, 4.69) is 18.2 Å². The van der Waals surface area contributed by atoms with Crippen LogP contribution in [0.2, 0.25) is 0 Å². The second-order valence-corrected chi connectivity index (χ2v) is 10.8. The summed E-state index contributed by atoms with van der Waals surface area (Å²) in [6.45, 7) is 1.44. The fraction of sp³-hybridized carbons (Fsp3) is 0.581. The summed E-state index contributed by atoms with van der Waals surface area (Å²) in [6, 6.07) is 14.9. The third-order valence-electron chi connectivity index (χ3n) is 8.03. The van der Waals surface area contributed by atoms with Crippen LogP contribution in [0.1, 0.15) is 91.3 Å². The predicted octanol–water partition coefficient (Wildman–Crippen LogP) is 7.14. The number of carbonyl (C=O) groups is 1. The van der Waals surface area contributed by atoms with Gasteiger partial charge in [0, 0.05) is 18.6 Å². The number of aryl methyl sites for hydroxylation is 2. The lowest BCUT2D eigenvalue weighted by Gasteiger charge is -2.25. The van der Waals surface area contributed by atoms with E-state index in [0.29, 0.717) is 13.0 Å². The predicted molar refractivity (Wildman–Crippen MR) is 137 cm³/mol. The average molecular weight is 461 g/mol. The fourth-order valence-corrected chi connectivity index (χ4v) is 5.68. The van der Waals surface area contributed by atoms with Crippen molar-refractivity contribution in [3.05, 3.63) is 64.7 Å². The Morgan fingerprint density at radius 3 is 2.56 bits per heavy atom. The number of ketones is 1. The number of ether oxygens (including phenoxy) is 2. The first-order valence-corrected chi connectivity index (χ1v) is 13.7. The third kappa shape index (κ3) is 6.72. The van der Waals surface area contributed by atoms with Crippen LogP contribution in [0.4, 0.5) is 0 Å². The van der Waals surface area contributed by atoms with E-state index in [-0.39, 0.29) is 11.9 Å². The first kappa shape index (κ1) is 23.6. The maximum atomic E-state index is 12.7. The Morgan fingerprint density at radius 2 is 1.76 bits per heavy atom. The minimum absolute atomic E-state index is 0.215. The van der Waals surface area contributed by atoms with Gasteiger partial charge in [0.05, 0.1) is 6.10 Å². The van der Waals surface area contributed by atoms with Crippen LogP contribution in [0.3, 0.4) is 0 Å². The van der Waals surface area contributed by atoms with Crippen LogP contribution in [0.5, 0.6) is 5.75 Å². The molecule has 0 bridgehead atoms. The molecule has 0 radical (unpaired) electrons. The zero-order chi connectivity index (χ0) is 23.2. The molecule has 0 aromatic heterocycles. The summed E-state index contributed by atoms with van der Waals surface area (Å²) < 4.78 is 11.4. The van der Waals surface area contributed by atoms with E-state index >= 15 is 0 Å². The molecule has 0 spiro atoms. The fourth-order valence-electron chi connectivity index (χ4n) is 5.68. The lowest BCUT2D eigenvalue weighted by Crippen LogP contribution is -2.16. The zero-order valence-corrected chi connectivity index (χ0v) is 20.6. The summed E-state index contributed by atoms with van der Waals surface area (Å²) in [5.74, 6) is 2.83. The Kier molecular flexibility index (Phi) is 8.01. The highest BCUT2D eigenvalue weighted by molar-refractivity contribution is 5.96. The van der Waals surface area contributed by atoms with Crippen molar-refractivity contribution in [2.75, 3.05) is 13.2 Å². The van der Waals surface area contributed by atoms with Gasteiger partial charge in [-0.1, -0.05) is 37.5 Å². The topological polar surface area (TPSA) is 35.5 Å². The third-order valence-corrected chi connectivity index (χ3v) is 8.03. The van der Waals surface area contributed by atoms with Crippen molar-refractivity contribution in [2.45, 2.75) is 89.6 Å². The van der Waals surface area contributed by atoms with Crippen LogP contribution >= 0.6 is 0 Å². The van der Waals surface area contributed by atoms with E-state index in [1.54, 1.807) is 11.1 Å². The summed E-state index contributed by atoms with van der Waals surface area (Å²) in [7, 11) is 0. The normalized spacial score (nSPS) is 21.9. The largest absolute Gasteiger partial charge is 0.491 e. The van der Waals surface area contributed by atoms with Gasteiger partial charge in [0.1, 0.15) is 12.4 Å². The lowest BCUT2D eigenvalue weighted by molar-refractivity contribution is 0.0679.